The summed E-state index contributed by atoms with van der Waals surface area (Å²) in [5, 5.41) is 0. The first-order chi connectivity index (χ1) is 26.2. The van der Waals surface area contributed by atoms with E-state index in [9.17, 15) is 0 Å². The van der Waals surface area contributed by atoms with E-state index in [-0.39, 0.29) is 0 Å². The Labute approximate surface area is 334 Å². The van der Waals surface area contributed by atoms with Crippen LogP contribution in [0.25, 0.3) is 46.6 Å². The molecule has 0 fully saturated rings. The number of rotatable bonds is 7. The summed E-state index contributed by atoms with van der Waals surface area (Å²) in [6.07, 6.45) is 13.3. The third kappa shape index (κ3) is 10.5. The third-order valence-electron chi connectivity index (χ3n) is 9.35. The van der Waals surface area contributed by atoms with Gasteiger partial charge in [0.25, 0.3) is 0 Å². The van der Waals surface area contributed by atoms with Gasteiger partial charge < -0.3 is 9.59 Å². The molecule has 268 valence electrons. The first kappa shape index (κ1) is 39.0. The number of benzene rings is 6. The average Bonchev–Trinajstić information content (AvgIpc) is 3.69. The van der Waals surface area contributed by atoms with Gasteiger partial charge in [-0.15, -0.1) is 0 Å². The molecule has 0 bridgehead atoms. The number of allylic oxidation sites excluding steroid dienone is 4. The quantitative estimate of drug-likeness (QED) is 0.125. The van der Waals surface area contributed by atoms with Gasteiger partial charge in [0.2, 0.25) is 0 Å². The van der Waals surface area contributed by atoms with Crippen molar-refractivity contribution in [2.75, 3.05) is 0 Å². The molecule has 0 amide bonds. The SMILES string of the molecule is C(C=Cc1ccccc1)=Cc1ccccc1.CC1=Cc2c(-c3ccccc3)cccc2[CH]1[Zr][CH]1C(C)=Cc2c(-c3ccccc3)cccc21.C[Si](C)(O)O. The zero-order valence-electron chi connectivity index (χ0n) is 31.5. The molecule has 0 aliphatic heterocycles. The molecule has 6 aromatic carbocycles. The van der Waals surface area contributed by atoms with Gasteiger partial charge >= 0.3 is 218 Å². The third-order valence-corrected chi connectivity index (χ3v) is 14.8. The van der Waals surface area contributed by atoms with Crippen LogP contribution >= 0.6 is 0 Å². The van der Waals surface area contributed by atoms with Crippen LogP contribution in [0, 0.1) is 0 Å². The van der Waals surface area contributed by atoms with Gasteiger partial charge in [0.15, 0.2) is 0 Å². The van der Waals surface area contributed by atoms with E-state index in [2.05, 4.69) is 172 Å². The molecule has 2 unspecified atom stereocenters. The van der Waals surface area contributed by atoms with Crippen LogP contribution in [-0.4, -0.2) is 18.2 Å². The van der Waals surface area contributed by atoms with Crippen LogP contribution in [0.15, 0.2) is 181 Å². The molecule has 4 heteroatoms. The summed E-state index contributed by atoms with van der Waals surface area (Å²) in [5.41, 5.74) is 17.0. The minimum absolute atomic E-state index is 0.631. The Bertz CT molecular complexity index is 2090. The zero-order valence-corrected chi connectivity index (χ0v) is 35.0. The van der Waals surface area contributed by atoms with Crippen molar-refractivity contribution < 1.29 is 32.8 Å². The molecule has 0 radical (unpaired) electrons. The Morgan fingerprint density at radius 1 is 0.463 bits per heavy atom. The van der Waals surface area contributed by atoms with E-state index >= 15 is 0 Å². The van der Waals surface area contributed by atoms with Crippen LogP contribution in [0.1, 0.15) is 54.5 Å². The molecule has 6 aromatic rings. The van der Waals surface area contributed by atoms with Crippen molar-refractivity contribution in [1.82, 2.24) is 0 Å². The van der Waals surface area contributed by atoms with Crippen molar-refractivity contribution in [2.24, 2.45) is 0 Å². The maximum atomic E-state index is 8.22. The van der Waals surface area contributed by atoms with Gasteiger partial charge in [0, 0.05) is 0 Å². The second-order valence-corrected chi connectivity index (χ2v) is 20.8. The second kappa shape index (κ2) is 18.6. The maximum Gasteiger partial charge on any atom is 0.326 e. The van der Waals surface area contributed by atoms with E-state index in [1.54, 1.807) is 22.3 Å². The van der Waals surface area contributed by atoms with E-state index in [1.165, 1.54) is 57.6 Å². The molecule has 2 N–H and O–H groups in total. The van der Waals surface area contributed by atoms with E-state index in [1.807, 2.05) is 36.4 Å². The van der Waals surface area contributed by atoms with Crippen LogP contribution in [-0.2, 0) is 23.2 Å². The molecule has 2 nitrogen and oxygen atoms in total. The first-order valence-electron chi connectivity index (χ1n) is 18.5. The summed E-state index contributed by atoms with van der Waals surface area (Å²) in [6.45, 7) is 7.59. The normalized spacial score (nSPS) is 15.7. The first-order valence-corrected chi connectivity index (χ1v) is 24.3. The Kier molecular flexibility index (Phi) is 13.4. The Hall–Kier alpha value is -4.70. The van der Waals surface area contributed by atoms with Gasteiger partial charge in [-0.25, -0.2) is 0 Å². The van der Waals surface area contributed by atoms with Crippen molar-refractivity contribution >= 4 is 32.9 Å². The fourth-order valence-electron chi connectivity index (χ4n) is 6.91. The molecule has 0 aromatic heterocycles. The van der Waals surface area contributed by atoms with Crippen molar-refractivity contribution in [1.29, 1.82) is 0 Å². The summed E-state index contributed by atoms with van der Waals surface area (Å²) >= 11 is -0.835. The Morgan fingerprint density at radius 2 is 0.796 bits per heavy atom. The Balaban J connectivity index is 0.000000197. The molecule has 0 heterocycles. The van der Waals surface area contributed by atoms with Crippen LogP contribution < -0.4 is 0 Å². The predicted octanol–water partition coefficient (Wildman–Crippen LogP) is 12.8. The molecule has 54 heavy (non-hydrogen) atoms. The molecule has 2 aliphatic carbocycles. The fraction of sp³-hybridized carbons (Fsp3) is 0.120. The fourth-order valence-corrected chi connectivity index (χ4v) is 11.6. The van der Waals surface area contributed by atoms with Gasteiger partial charge in [0.05, 0.1) is 0 Å². The van der Waals surface area contributed by atoms with E-state index in [0.29, 0.717) is 7.25 Å². The van der Waals surface area contributed by atoms with Crippen LogP contribution in [0.4, 0.5) is 0 Å². The predicted molar refractivity (Wildman–Crippen MR) is 229 cm³/mol. The largest absolute Gasteiger partial charge is 0.411 e. The van der Waals surface area contributed by atoms with Crippen molar-refractivity contribution in [3.05, 3.63) is 214 Å². The average molecular weight is 800 g/mol. The number of hydrogen-bond donors (Lipinski definition) is 2. The Morgan fingerprint density at radius 3 is 1.15 bits per heavy atom. The standard InChI is InChI=1S/2C16H13.C16H14.C2H8O2Si.Zr/c2*1-12-10-14-8-5-9-15(16(14)11-12)13-6-3-2-4-7-13;1-3-9-15(10-4-1)13-7-8-14-16-11-5-2-6-12-16;1-5(2,3)4;/h2*2-11H,1H3;1-14H;3-4H,1-2H3;. The monoisotopic (exact) mass is 798 g/mol. The topological polar surface area (TPSA) is 40.5 Å². The molecule has 2 aliphatic rings. The van der Waals surface area contributed by atoms with Crippen molar-refractivity contribution in [3.8, 4) is 22.3 Å². The number of hydrogen-bond acceptors (Lipinski definition) is 2. The van der Waals surface area contributed by atoms with Gasteiger partial charge in [-0.2, -0.15) is 0 Å². The van der Waals surface area contributed by atoms with Crippen LogP contribution in [0.2, 0.25) is 13.1 Å². The van der Waals surface area contributed by atoms with E-state index in [0.717, 1.165) is 0 Å². The molecule has 0 saturated heterocycles. The van der Waals surface area contributed by atoms with Gasteiger partial charge in [-0.05, 0) is 24.2 Å². The summed E-state index contributed by atoms with van der Waals surface area (Å²) in [4.78, 5) is 16.4. The van der Waals surface area contributed by atoms with Crippen LogP contribution in [0.3, 0.4) is 0 Å². The second-order valence-electron chi connectivity index (χ2n) is 14.2. The molecule has 8 rings (SSSR count). The maximum absolute atomic E-state index is 8.22. The summed E-state index contributed by atoms with van der Waals surface area (Å²) in [7, 11) is -2.61. The number of fused-ring (bicyclic) bond motifs is 2. The molecule has 2 atom stereocenters. The van der Waals surface area contributed by atoms with Gasteiger partial charge in [-0.1, -0.05) is 85.0 Å². The molecule has 0 saturated carbocycles. The minimum Gasteiger partial charge on any atom is -0.411 e. The zero-order chi connectivity index (χ0) is 37.9. The summed E-state index contributed by atoms with van der Waals surface area (Å²) in [6, 6.07) is 56.1. The van der Waals surface area contributed by atoms with Gasteiger partial charge in [-0.3, -0.25) is 0 Å². The summed E-state index contributed by atoms with van der Waals surface area (Å²) < 4.78 is 1.26. The summed E-state index contributed by atoms with van der Waals surface area (Å²) in [5.74, 6) is 0. The molecular weight excluding hydrogens is 752 g/mol. The minimum atomic E-state index is -2.61. The molecule has 0 spiro atoms. The van der Waals surface area contributed by atoms with Crippen LogP contribution in [0.5, 0.6) is 0 Å². The molecular formula is C50H48O2SiZr. The van der Waals surface area contributed by atoms with Gasteiger partial charge in [0.1, 0.15) is 0 Å². The smallest absolute Gasteiger partial charge is 0.326 e. The van der Waals surface area contributed by atoms with Crippen molar-refractivity contribution in [3.63, 3.8) is 0 Å². The van der Waals surface area contributed by atoms with Crippen molar-refractivity contribution in [2.45, 2.75) is 34.2 Å². The van der Waals surface area contributed by atoms with E-state index in [4.69, 9.17) is 9.59 Å². The van der Waals surface area contributed by atoms with E-state index < -0.39 is 31.8 Å².